The van der Waals surface area contributed by atoms with Gasteiger partial charge in [0, 0.05) is 17.9 Å². The van der Waals surface area contributed by atoms with Gasteiger partial charge in [0.1, 0.15) is 23.2 Å². The largest absolute Gasteiger partial charge is 0.508 e. The number of rotatable bonds is 4. The van der Waals surface area contributed by atoms with Crippen LogP contribution < -0.4 is 10.5 Å². The van der Waals surface area contributed by atoms with Crippen LogP contribution in [0.5, 0.6) is 11.5 Å². The van der Waals surface area contributed by atoms with Gasteiger partial charge in [-0.15, -0.1) is 0 Å². The number of carbonyl (C=O) groups excluding carboxylic acids is 3. The summed E-state index contributed by atoms with van der Waals surface area (Å²) in [5.41, 5.74) is 3.04. The number of amides is 1. The van der Waals surface area contributed by atoms with E-state index in [-0.39, 0.29) is 11.1 Å². The number of methoxy groups -OCH3 is 1. The highest BCUT2D eigenvalue weighted by atomic mass is 16.5. The van der Waals surface area contributed by atoms with Crippen molar-refractivity contribution in [2.45, 2.75) is 23.9 Å². The van der Waals surface area contributed by atoms with Crippen molar-refractivity contribution >= 4 is 29.1 Å². The van der Waals surface area contributed by atoms with Gasteiger partial charge in [-0.05, 0) is 49.0 Å². The number of phenols is 1. The van der Waals surface area contributed by atoms with E-state index in [1.807, 2.05) is 0 Å². The molecule has 0 radical (unpaired) electrons. The predicted molar refractivity (Wildman–Crippen MR) is 142 cm³/mol. The summed E-state index contributed by atoms with van der Waals surface area (Å²) in [5, 5.41) is 57.1. The molecule has 40 heavy (non-hydrogen) atoms. The number of nitrogens with two attached hydrogens (primary N) is 1. The van der Waals surface area contributed by atoms with Crippen LogP contribution in [0.3, 0.4) is 0 Å². The molecule has 5 rings (SSSR count). The first-order chi connectivity index (χ1) is 18.9. The van der Waals surface area contributed by atoms with Gasteiger partial charge in [-0.2, -0.15) is 0 Å². The Kier molecular flexibility index (Phi) is 6.58. The van der Waals surface area contributed by atoms with Crippen molar-refractivity contribution in [2.75, 3.05) is 21.2 Å². The van der Waals surface area contributed by atoms with E-state index in [0.29, 0.717) is 16.9 Å². The first-order valence-electron chi connectivity index (χ1n) is 12.6. The number of aromatic hydroxyl groups is 1. The van der Waals surface area contributed by atoms with Crippen LogP contribution in [0.25, 0.3) is 11.6 Å². The third-order valence-corrected chi connectivity index (χ3v) is 8.34. The van der Waals surface area contributed by atoms with E-state index >= 15 is 0 Å². The van der Waals surface area contributed by atoms with Gasteiger partial charge in [0.2, 0.25) is 5.91 Å². The van der Waals surface area contributed by atoms with E-state index in [2.05, 4.69) is 0 Å². The molecule has 11 heteroatoms. The summed E-state index contributed by atoms with van der Waals surface area (Å²) in [7, 11) is 4.54. The van der Waals surface area contributed by atoms with Crippen LogP contribution in [0.1, 0.15) is 21.5 Å². The van der Waals surface area contributed by atoms with E-state index in [1.54, 1.807) is 36.4 Å². The van der Waals surface area contributed by atoms with E-state index in [0.717, 1.165) is 0 Å². The quantitative estimate of drug-likeness (QED) is 0.288. The van der Waals surface area contributed by atoms with Crippen molar-refractivity contribution < 1.29 is 44.7 Å². The van der Waals surface area contributed by atoms with Gasteiger partial charge in [-0.3, -0.25) is 14.4 Å². The van der Waals surface area contributed by atoms with Crippen LogP contribution in [0.15, 0.2) is 53.8 Å². The highest BCUT2D eigenvalue weighted by Crippen LogP contribution is 2.55. The molecule has 210 valence electrons. The molecule has 1 amide bonds. The van der Waals surface area contributed by atoms with Crippen molar-refractivity contribution in [1.29, 1.82) is 0 Å². The fourth-order valence-corrected chi connectivity index (χ4v) is 6.55. The minimum absolute atomic E-state index is 0.187. The normalized spacial score (nSPS) is 32.5. The number of hydrogen-bond donors (Lipinski definition) is 6. The number of aliphatic hydroxyl groups is 4. The van der Waals surface area contributed by atoms with Crippen molar-refractivity contribution in [2.24, 2.45) is 23.5 Å². The van der Waals surface area contributed by atoms with Gasteiger partial charge in [0.25, 0.3) is 0 Å². The molecule has 11 nitrogen and oxygen atoms in total. The molecule has 0 aromatic heterocycles. The van der Waals surface area contributed by atoms with Gasteiger partial charge < -0.3 is 40.9 Å². The fourth-order valence-electron chi connectivity index (χ4n) is 6.55. The van der Waals surface area contributed by atoms with Crippen LogP contribution in [-0.2, 0) is 9.59 Å². The lowest BCUT2D eigenvalue weighted by atomic mass is 9.54. The molecule has 0 spiro atoms. The molecular weight excluding hydrogens is 520 g/mol. The molecule has 3 aliphatic carbocycles. The van der Waals surface area contributed by atoms with E-state index in [4.69, 9.17) is 10.5 Å². The van der Waals surface area contributed by atoms with Crippen molar-refractivity contribution in [1.82, 2.24) is 4.90 Å². The Morgan fingerprint density at radius 2 is 1.70 bits per heavy atom. The summed E-state index contributed by atoms with van der Waals surface area (Å²) < 4.78 is 5.21. The average molecular weight is 551 g/mol. The number of carbonyl (C=O) groups is 3. The standard InChI is InChI=1S/C29H30N2O9/c1-31(2)22-21-24(34)18-15(11-12-7-9-13(40-3)10-8-12)14-5-4-6-16(32)17(14)23(33)19(18)26(36)29(21,39)27(37)20(25(22)35)28(30)38/h4-11,18,20-22,24-25,32,34-36,39H,1-3H3,(H2,30,38)/b15-11+/t18-,20?,21-,22+,24+,25?,29+/m1/s1. The lowest BCUT2D eigenvalue weighted by molar-refractivity contribution is -0.191. The van der Waals surface area contributed by atoms with E-state index in [9.17, 15) is 39.9 Å². The molecule has 7 atom stereocenters. The minimum Gasteiger partial charge on any atom is -0.508 e. The zero-order valence-electron chi connectivity index (χ0n) is 22.0. The van der Waals surface area contributed by atoms with E-state index < -0.39 is 76.2 Å². The van der Waals surface area contributed by atoms with Gasteiger partial charge in [0.15, 0.2) is 17.2 Å². The Labute approximate surface area is 229 Å². The maximum atomic E-state index is 13.8. The molecule has 2 unspecified atom stereocenters. The number of aliphatic hydroxyl groups excluding tert-OH is 3. The van der Waals surface area contributed by atoms with Crippen LogP contribution in [-0.4, -0.2) is 93.0 Å². The Balaban J connectivity index is 1.83. The third kappa shape index (κ3) is 3.69. The number of likely N-dealkylation sites (N-methyl/N-ethyl adjacent to an activating group) is 1. The maximum absolute atomic E-state index is 13.8. The molecule has 0 saturated heterocycles. The number of benzene rings is 2. The lowest BCUT2D eigenvalue weighted by Crippen LogP contribution is -2.74. The zero-order chi connectivity index (χ0) is 29.3. The Morgan fingerprint density at radius 1 is 1.05 bits per heavy atom. The van der Waals surface area contributed by atoms with Crippen LogP contribution >= 0.6 is 0 Å². The number of hydrogen-bond acceptors (Lipinski definition) is 10. The number of ether oxygens (including phenoxy) is 1. The number of phenolic OH excluding ortho intramolecular Hbond substituents is 1. The summed E-state index contributed by atoms with van der Waals surface area (Å²) in [5.74, 6) is -9.09. The van der Waals surface area contributed by atoms with Gasteiger partial charge in [-0.25, -0.2) is 0 Å². The fraction of sp³-hybridized carbons (Fsp3) is 0.345. The number of Topliss-reactive ketones (excluding diaryl/α,β-unsaturated/α-hetero) is 2. The molecule has 0 aliphatic heterocycles. The molecule has 2 aromatic carbocycles. The van der Waals surface area contributed by atoms with Crippen molar-refractivity contribution in [3.8, 4) is 11.5 Å². The predicted octanol–water partition coefficient (Wildman–Crippen LogP) is 0.263. The molecular formula is C29H30N2O9. The summed E-state index contributed by atoms with van der Waals surface area (Å²) in [6.45, 7) is 0. The smallest absolute Gasteiger partial charge is 0.230 e. The maximum Gasteiger partial charge on any atom is 0.230 e. The summed E-state index contributed by atoms with van der Waals surface area (Å²) in [6, 6.07) is 10.0. The second-order valence-corrected chi connectivity index (χ2v) is 10.6. The first-order valence-corrected chi connectivity index (χ1v) is 12.6. The van der Waals surface area contributed by atoms with Gasteiger partial charge >= 0.3 is 0 Å². The number of fused-ring (bicyclic) bond motifs is 3. The van der Waals surface area contributed by atoms with Crippen molar-refractivity contribution in [3.05, 3.63) is 70.5 Å². The van der Waals surface area contributed by atoms with Crippen LogP contribution in [0.2, 0.25) is 0 Å². The topological polar surface area (TPSA) is 191 Å². The highest BCUT2D eigenvalue weighted by Gasteiger charge is 2.69. The number of ketones is 2. The molecule has 3 aliphatic rings. The third-order valence-electron chi connectivity index (χ3n) is 8.34. The summed E-state index contributed by atoms with van der Waals surface area (Å²) in [4.78, 5) is 41.0. The van der Waals surface area contributed by atoms with Crippen LogP contribution in [0, 0.1) is 17.8 Å². The molecule has 1 fully saturated rings. The Morgan fingerprint density at radius 3 is 2.27 bits per heavy atom. The number of primary amides is 1. The second-order valence-electron chi connectivity index (χ2n) is 10.6. The second kappa shape index (κ2) is 9.56. The molecule has 0 bridgehead atoms. The van der Waals surface area contributed by atoms with E-state index in [1.165, 1.54) is 38.2 Å². The van der Waals surface area contributed by atoms with Gasteiger partial charge in [-0.1, -0.05) is 30.3 Å². The molecule has 0 heterocycles. The lowest BCUT2D eigenvalue weighted by Gasteiger charge is -2.55. The van der Waals surface area contributed by atoms with Crippen LogP contribution in [0.4, 0.5) is 0 Å². The molecule has 2 aromatic rings. The van der Waals surface area contributed by atoms with Crippen molar-refractivity contribution in [3.63, 3.8) is 0 Å². The minimum atomic E-state index is -2.93. The monoisotopic (exact) mass is 550 g/mol. The molecule has 7 N–H and O–H groups in total. The number of nitrogens with zero attached hydrogens (tertiary/aromatic N) is 1. The Hall–Kier alpha value is -4.03. The molecule has 1 saturated carbocycles. The average Bonchev–Trinajstić information content (AvgIpc) is 2.90. The first kappa shape index (κ1) is 27.5. The zero-order valence-corrected chi connectivity index (χ0v) is 22.0. The Bertz CT molecular complexity index is 1480. The summed E-state index contributed by atoms with van der Waals surface area (Å²) in [6.07, 6.45) is -1.77. The SMILES string of the molecule is COc1ccc(/C=C2\c3cccc(O)c3C(=O)C3=C(O)[C@]4(O)C(=O)C(C(N)=O)C(O)[C@@H](N(C)C)[C@@H]4[C@@H](O)[C@@H]32)cc1. The highest BCUT2D eigenvalue weighted by molar-refractivity contribution is 6.20. The summed E-state index contributed by atoms with van der Waals surface area (Å²) >= 11 is 0. The van der Waals surface area contributed by atoms with Gasteiger partial charge in [0.05, 0.1) is 30.5 Å².